The minimum atomic E-state index is -3.59. The summed E-state index contributed by atoms with van der Waals surface area (Å²) in [6.07, 6.45) is 6.43. The van der Waals surface area contributed by atoms with Crippen molar-refractivity contribution in [1.29, 1.82) is 0 Å². The Morgan fingerprint density at radius 3 is 2.75 bits per heavy atom. The molecule has 0 unspecified atom stereocenters. The summed E-state index contributed by atoms with van der Waals surface area (Å²) in [5.41, 5.74) is 2.71. The predicted octanol–water partition coefficient (Wildman–Crippen LogP) is 0.131. The van der Waals surface area contributed by atoms with Crippen molar-refractivity contribution in [3.05, 3.63) is 18.5 Å². The van der Waals surface area contributed by atoms with Crippen molar-refractivity contribution in [2.75, 3.05) is 31.6 Å². The Bertz CT molecular complexity index is 528. The van der Waals surface area contributed by atoms with Gasteiger partial charge in [0.2, 0.25) is 10.0 Å². The number of pyridine rings is 1. The number of nitrogens with one attached hydrogen (secondary N) is 2. The first kappa shape index (κ1) is 15.2. The molecule has 0 atom stereocenters. The maximum absolute atomic E-state index is 12.2. The number of rotatable bonds is 6. The number of anilines is 1. The van der Waals surface area contributed by atoms with Crippen molar-refractivity contribution in [1.82, 2.24) is 14.6 Å². The fraction of sp³-hybridized carbons (Fsp3) is 0.583. The molecule has 0 spiro atoms. The van der Waals surface area contributed by atoms with Gasteiger partial charge in [-0.15, -0.1) is 0 Å². The van der Waals surface area contributed by atoms with Crippen LogP contribution in [0.4, 0.5) is 5.69 Å². The highest BCUT2D eigenvalue weighted by Gasteiger charge is 2.18. The fourth-order valence-corrected chi connectivity index (χ4v) is 3.44. The lowest BCUT2D eigenvalue weighted by Gasteiger charge is -2.26. The molecule has 7 nitrogen and oxygen atoms in total. The molecule has 1 saturated heterocycles. The van der Waals surface area contributed by atoms with Crippen LogP contribution in [0.2, 0.25) is 0 Å². The van der Waals surface area contributed by atoms with Gasteiger partial charge < -0.3 is 10.3 Å². The molecule has 1 fully saturated rings. The largest absolute Gasteiger partial charge is 0.323 e. The van der Waals surface area contributed by atoms with Gasteiger partial charge in [0.1, 0.15) is 4.90 Å². The average molecular weight is 299 g/mol. The van der Waals surface area contributed by atoms with E-state index in [0.29, 0.717) is 12.2 Å². The monoisotopic (exact) mass is 299 g/mol. The molecule has 0 amide bonds. The summed E-state index contributed by atoms with van der Waals surface area (Å²) < 4.78 is 27.0. The lowest BCUT2D eigenvalue weighted by atomic mass is 10.1. The molecule has 0 aliphatic carbocycles. The maximum atomic E-state index is 12.2. The zero-order valence-corrected chi connectivity index (χ0v) is 12.2. The van der Waals surface area contributed by atoms with Gasteiger partial charge in [-0.1, -0.05) is 6.42 Å². The highest BCUT2D eigenvalue weighted by atomic mass is 32.2. The second kappa shape index (κ2) is 6.98. The first-order valence-corrected chi connectivity index (χ1v) is 8.24. The molecule has 112 valence electrons. The van der Waals surface area contributed by atoms with Crippen molar-refractivity contribution >= 4 is 15.7 Å². The molecule has 20 heavy (non-hydrogen) atoms. The van der Waals surface area contributed by atoms with Crippen LogP contribution < -0.4 is 16.0 Å². The Balaban J connectivity index is 1.93. The molecule has 4 N–H and O–H groups in total. The Labute approximate surface area is 119 Å². The van der Waals surface area contributed by atoms with Gasteiger partial charge in [-0.3, -0.25) is 10.8 Å². The number of nitrogen functional groups attached to an aromatic ring is 1. The standard InChI is InChI=1S/C12H21N5O2S/c13-16-11-4-5-14-10-12(11)20(18,19)15-6-9-17-7-2-1-3-8-17/h4-5,10,15H,1-3,6-9,13H2,(H,14,16). The molecule has 0 radical (unpaired) electrons. The van der Waals surface area contributed by atoms with Gasteiger partial charge in [0.25, 0.3) is 0 Å². The molecular weight excluding hydrogens is 278 g/mol. The number of hydrogen-bond donors (Lipinski definition) is 3. The minimum absolute atomic E-state index is 0.0705. The van der Waals surface area contributed by atoms with E-state index in [0.717, 1.165) is 19.6 Å². The summed E-state index contributed by atoms with van der Waals surface area (Å²) in [6, 6.07) is 1.53. The second-order valence-corrected chi connectivity index (χ2v) is 6.55. The normalized spacial score (nSPS) is 17.1. The fourth-order valence-electron chi connectivity index (χ4n) is 2.31. The van der Waals surface area contributed by atoms with E-state index in [-0.39, 0.29) is 4.90 Å². The van der Waals surface area contributed by atoms with Crippen LogP contribution in [0.5, 0.6) is 0 Å². The molecule has 1 aliphatic rings. The van der Waals surface area contributed by atoms with Gasteiger partial charge in [-0.05, 0) is 32.0 Å². The SMILES string of the molecule is NNc1ccncc1S(=O)(=O)NCCN1CCCCC1. The molecular formula is C12H21N5O2S. The van der Waals surface area contributed by atoms with Gasteiger partial charge in [0.15, 0.2) is 0 Å². The topological polar surface area (TPSA) is 100 Å². The summed E-state index contributed by atoms with van der Waals surface area (Å²) in [6.45, 7) is 3.21. The summed E-state index contributed by atoms with van der Waals surface area (Å²) in [5, 5.41) is 0. The first-order chi connectivity index (χ1) is 9.63. The number of piperidine rings is 1. The van der Waals surface area contributed by atoms with Crippen molar-refractivity contribution in [2.45, 2.75) is 24.2 Å². The van der Waals surface area contributed by atoms with Crippen LogP contribution >= 0.6 is 0 Å². The van der Waals surface area contributed by atoms with Crippen molar-refractivity contribution in [2.24, 2.45) is 5.84 Å². The van der Waals surface area contributed by atoms with E-state index in [9.17, 15) is 8.42 Å². The molecule has 0 bridgehead atoms. The minimum Gasteiger partial charge on any atom is -0.323 e. The van der Waals surface area contributed by atoms with E-state index < -0.39 is 10.0 Å². The number of aromatic nitrogens is 1. The zero-order valence-electron chi connectivity index (χ0n) is 11.4. The molecule has 2 heterocycles. The van der Waals surface area contributed by atoms with Gasteiger partial charge in [0.05, 0.1) is 5.69 Å². The van der Waals surface area contributed by atoms with E-state index >= 15 is 0 Å². The molecule has 0 saturated carbocycles. The van der Waals surface area contributed by atoms with E-state index in [4.69, 9.17) is 5.84 Å². The number of hydrogen-bond acceptors (Lipinski definition) is 6. The predicted molar refractivity (Wildman–Crippen MR) is 77.5 cm³/mol. The van der Waals surface area contributed by atoms with Crippen LogP contribution in [0.15, 0.2) is 23.4 Å². The van der Waals surface area contributed by atoms with Gasteiger partial charge in [0, 0.05) is 25.5 Å². The third-order valence-electron chi connectivity index (χ3n) is 3.40. The van der Waals surface area contributed by atoms with Crippen molar-refractivity contribution in [3.63, 3.8) is 0 Å². The van der Waals surface area contributed by atoms with Gasteiger partial charge in [-0.25, -0.2) is 13.1 Å². The zero-order chi connectivity index (χ0) is 14.4. The summed E-state index contributed by atoms with van der Waals surface area (Å²) in [5.74, 6) is 5.31. The number of likely N-dealkylation sites (tertiary alicyclic amines) is 1. The van der Waals surface area contributed by atoms with Gasteiger partial charge in [-0.2, -0.15) is 0 Å². The third kappa shape index (κ3) is 3.89. The third-order valence-corrected chi connectivity index (χ3v) is 4.89. The Morgan fingerprint density at radius 2 is 2.05 bits per heavy atom. The number of hydrazine groups is 1. The summed E-state index contributed by atoms with van der Waals surface area (Å²) >= 11 is 0. The smallest absolute Gasteiger partial charge is 0.244 e. The summed E-state index contributed by atoms with van der Waals surface area (Å²) in [4.78, 5) is 6.18. The van der Waals surface area contributed by atoms with Crippen LogP contribution in [-0.4, -0.2) is 44.5 Å². The lowest BCUT2D eigenvalue weighted by Crippen LogP contribution is -2.37. The maximum Gasteiger partial charge on any atom is 0.244 e. The Hall–Kier alpha value is -1.22. The van der Waals surface area contributed by atoms with Crippen LogP contribution in [0.25, 0.3) is 0 Å². The highest BCUT2D eigenvalue weighted by Crippen LogP contribution is 2.17. The van der Waals surface area contributed by atoms with Crippen LogP contribution in [0, 0.1) is 0 Å². The lowest BCUT2D eigenvalue weighted by molar-refractivity contribution is 0.233. The van der Waals surface area contributed by atoms with Crippen LogP contribution in [0.3, 0.4) is 0 Å². The average Bonchev–Trinajstić information content (AvgIpc) is 2.48. The van der Waals surface area contributed by atoms with E-state index in [1.165, 1.54) is 37.7 Å². The molecule has 0 aromatic carbocycles. The van der Waals surface area contributed by atoms with E-state index in [2.05, 4.69) is 20.0 Å². The highest BCUT2D eigenvalue weighted by molar-refractivity contribution is 7.89. The quantitative estimate of drug-likeness (QED) is 0.510. The number of sulfonamides is 1. The van der Waals surface area contributed by atoms with Gasteiger partial charge >= 0.3 is 0 Å². The molecule has 8 heteroatoms. The molecule has 1 aromatic heterocycles. The Morgan fingerprint density at radius 1 is 1.30 bits per heavy atom. The van der Waals surface area contributed by atoms with Crippen molar-refractivity contribution < 1.29 is 8.42 Å². The van der Waals surface area contributed by atoms with E-state index in [1.54, 1.807) is 0 Å². The van der Waals surface area contributed by atoms with Crippen LogP contribution in [0.1, 0.15) is 19.3 Å². The number of nitrogens with two attached hydrogens (primary N) is 1. The van der Waals surface area contributed by atoms with Crippen molar-refractivity contribution in [3.8, 4) is 0 Å². The second-order valence-electron chi connectivity index (χ2n) is 4.82. The first-order valence-electron chi connectivity index (χ1n) is 6.76. The van der Waals surface area contributed by atoms with Crippen LogP contribution in [-0.2, 0) is 10.0 Å². The number of nitrogens with zero attached hydrogens (tertiary/aromatic N) is 2. The summed E-state index contributed by atoms with van der Waals surface area (Å²) in [7, 11) is -3.59. The molecule has 2 rings (SSSR count). The Kier molecular flexibility index (Phi) is 5.30. The molecule has 1 aromatic rings. The molecule has 1 aliphatic heterocycles. The van der Waals surface area contributed by atoms with E-state index in [1.807, 2.05) is 0 Å².